The molecular formula is C15H14N2O3. The summed E-state index contributed by atoms with van der Waals surface area (Å²) in [6, 6.07) is 10.0. The van der Waals surface area contributed by atoms with Gasteiger partial charge in [0.15, 0.2) is 5.69 Å². The van der Waals surface area contributed by atoms with Crippen LogP contribution in [0.5, 0.6) is 0 Å². The van der Waals surface area contributed by atoms with Gasteiger partial charge in [0.05, 0.1) is 0 Å². The van der Waals surface area contributed by atoms with Crippen molar-refractivity contribution in [2.45, 2.75) is 25.2 Å². The van der Waals surface area contributed by atoms with Gasteiger partial charge in [-0.05, 0) is 30.7 Å². The Kier molecular flexibility index (Phi) is 3.10. The number of nitrogens with one attached hydrogen (secondary N) is 1. The summed E-state index contributed by atoms with van der Waals surface area (Å²) in [5, 5.41) is 9.21. The second kappa shape index (κ2) is 4.92. The fourth-order valence-corrected chi connectivity index (χ4v) is 2.83. The van der Waals surface area contributed by atoms with E-state index in [-0.39, 0.29) is 11.6 Å². The molecule has 5 nitrogen and oxygen atoms in total. The predicted octanol–water partition coefficient (Wildman–Crippen LogP) is 1.74. The first-order valence-corrected chi connectivity index (χ1v) is 6.55. The largest absolute Gasteiger partial charge is 0.476 e. The number of carboxylic acid groups (broad SMARTS) is 1. The average molecular weight is 270 g/mol. The van der Waals surface area contributed by atoms with E-state index in [4.69, 9.17) is 0 Å². The molecule has 5 heteroatoms. The number of H-pyrrole nitrogens is 1. The molecular weight excluding hydrogens is 256 g/mol. The van der Waals surface area contributed by atoms with Crippen molar-refractivity contribution in [2.75, 3.05) is 0 Å². The van der Waals surface area contributed by atoms with Crippen molar-refractivity contribution in [3.05, 3.63) is 63.3 Å². The van der Waals surface area contributed by atoms with Gasteiger partial charge in [-0.2, -0.15) is 4.98 Å². The van der Waals surface area contributed by atoms with Crippen LogP contribution in [0.15, 0.2) is 35.1 Å². The fraction of sp³-hybridized carbons (Fsp3) is 0.267. The first kappa shape index (κ1) is 12.6. The van der Waals surface area contributed by atoms with Crippen molar-refractivity contribution in [1.82, 2.24) is 9.97 Å². The maximum atomic E-state index is 11.4. The van der Waals surface area contributed by atoms with Crippen LogP contribution in [0.3, 0.4) is 0 Å². The van der Waals surface area contributed by atoms with Gasteiger partial charge in [0.2, 0.25) is 0 Å². The van der Waals surface area contributed by atoms with Crippen molar-refractivity contribution in [2.24, 2.45) is 0 Å². The number of benzene rings is 1. The molecule has 0 saturated heterocycles. The summed E-state index contributed by atoms with van der Waals surface area (Å²) in [5.41, 5.74) is 1.89. The predicted molar refractivity (Wildman–Crippen MR) is 73.0 cm³/mol. The van der Waals surface area contributed by atoms with E-state index >= 15 is 0 Å². The quantitative estimate of drug-likeness (QED) is 0.870. The van der Waals surface area contributed by atoms with Crippen LogP contribution in [-0.2, 0) is 12.8 Å². The summed E-state index contributed by atoms with van der Waals surface area (Å²) < 4.78 is 0. The summed E-state index contributed by atoms with van der Waals surface area (Å²) >= 11 is 0. The number of rotatable bonds is 2. The average Bonchev–Trinajstić information content (AvgIpc) is 2.46. The number of carboxylic acids is 1. The van der Waals surface area contributed by atoms with E-state index in [1.807, 2.05) is 18.2 Å². The highest BCUT2D eigenvalue weighted by atomic mass is 16.4. The van der Waals surface area contributed by atoms with Crippen molar-refractivity contribution in [3.63, 3.8) is 0 Å². The molecule has 1 aromatic heterocycles. The number of aromatic carboxylic acids is 1. The molecule has 2 aromatic rings. The van der Waals surface area contributed by atoms with Gasteiger partial charge in [0, 0.05) is 11.3 Å². The Morgan fingerprint density at radius 1 is 1.30 bits per heavy atom. The lowest BCUT2D eigenvalue weighted by Gasteiger charge is -2.25. The van der Waals surface area contributed by atoms with Crippen LogP contribution in [0.2, 0.25) is 0 Å². The van der Waals surface area contributed by atoms with Gasteiger partial charge >= 0.3 is 11.7 Å². The van der Waals surface area contributed by atoms with Crippen LogP contribution >= 0.6 is 0 Å². The highest BCUT2D eigenvalue weighted by Crippen LogP contribution is 2.32. The van der Waals surface area contributed by atoms with Gasteiger partial charge in [-0.3, -0.25) is 0 Å². The van der Waals surface area contributed by atoms with Crippen LogP contribution in [0.25, 0.3) is 0 Å². The molecule has 3 rings (SSSR count). The van der Waals surface area contributed by atoms with Gasteiger partial charge in [0.25, 0.3) is 0 Å². The minimum atomic E-state index is -1.14. The minimum Gasteiger partial charge on any atom is -0.476 e. The van der Waals surface area contributed by atoms with Gasteiger partial charge in [-0.15, -0.1) is 0 Å². The monoisotopic (exact) mass is 270 g/mol. The smallest absolute Gasteiger partial charge is 0.355 e. The Morgan fingerprint density at radius 3 is 2.75 bits per heavy atom. The SMILES string of the molecule is O=C(O)c1nc(=O)[nH]c2c1CC(c1ccccc1)CC2. The molecule has 0 fully saturated rings. The zero-order valence-corrected chi connectivity index (χ0v) is 10.8. The normalized spacial score (nSPS) is 17.5. The fourth-order valence-electron chi connectivity index (χ4n) is 2.83. The molecule has 0 amide bonds. The highest BCUT2D eigenvalue weighted by molar-refractivity contribution is 5.87. The molecule has 1 aliphatic rings. The number of aromatic nitrogens is 2. The number of carbonyl (C=O) groups is 1. The molecule has 1 unspecified atom stereocenters. The molecule has 0 saturated carbocycles. The zero-order chi connectivity index (χ0) is 14.1. The van der Waals surface area contributed by atoms with E-state index in [0.717, 1.165) is 12.1 Å². The van der Waals surface area contributed by atoms with Crippen molar-refractivity contribution in [1.29, 1.82) is 0 Å². The summed E-state index contributed by atoms with van der Waals surface area (Å²) in [4.78, 5) is 28.9. The number of hydrogen-bond acceptors (Lipinski definition) is 3. The van der Waals surface area contributed by atoms with E-state index in [1.165, 1.54) is 5.56 Å². The lowest BCUT2D eigenvalue weighted by Crippen LogP contribution is -2.26. The topological polar surface area (TPSA) is 83.0 Å². The molecule has 0 aliphatic heterocycles. The highest BCUT2D eigenvalue weighted by Gasteiger charge is 2.26. The Labute approximate surface area is 115 Å². The second-order valence-electron chi connectivity index (χ2n) is 5.00. The van der Waals surface area contributed by atoms with Gasteiger partial charge in [0.1, 0.15) is 0 Å². The molecule has 1 aromatic carbocycles. The molecule has 102 valence electrons. The van der Waals surface area contributed by atoms with E-state index in [9.17, 15) is 14.7 Å². The number of hydrogen-bond donors (Lipinski definition) is 2. The number of aromatic amines is 1. The number of nitrogens with zero attached hydrogens (tertiary/aromatic N) is 1. The molecule has 1 aliphatic carbocycles. The first-order chi connectivity index (χ1) is 9.65. The summed E-state index contributed by atoms with van der Waals surface area (Å²) in [6.07, 6.45) is 2.17. The van der Waals surface area contributed by atoms with Gasteiger partial charge in [-0.25, -0.2) is 9.59 Å². The van der Waals surface area contributed by atoms with Crippen LogP contribution in [-0.4, -0.2) is 21.0 Å². The molecule has 0 spiro atoms. The van der Waals surface area contributed by atoms with E-state index in [2.05, 4.69) is 22.1 Å². The Bertz CT molecular complexity index is 707. The number of fused-ring (bicyclic) bond motifs is 1. The second-order valence-corrected chi connectivity index (χ2v) is 5.00. The third-order valence-electron chi connectivity index (χ3n) is 3.79. The van der Waals surface area contributed by atoms with Crippen LogP contribution in [0.4, 0.5) is 0 Å². The molecule has 20 heavy (non-hydrogen) atoms. The minimum absolute atomic E-state index is 0.107. The zero-order valence-electron chi connectivity index (χ0n) is 10.8. The molecule has 2 N–H and O–H groups in total. The van der Waals surface area contributed by atoms with Gasteiger partial charge < -0.3 is 10.1 Å². The van der Waals surface area contributed by atoms with E-state index in [0.29, 0.717) is 18.4 Å². The van der Waals surface area contributed by atoms with Crippen molar-refractivity contribution < 1.29 is 9.90 Å². The van der Waals surface area contributed by atoms with Gasteiger partial charge in [-0.1, -0.05) is 30.3 Å². The first-order valence-electron chi connectivity index (χ1n) is 6.55. The Morgan fingerprint density at radius 2 is 2.05 bits per heavy atom. The molecule has 1 heterocycles. The number of aryl methyl sites for hydroxylation is 1. The van der Waals surface area contributed by atoms with Crippen molar-refractivity contribution >= 4 is 5.97 Å². The standard InChI is InChI=1S/C15H14N2O3/c18-14(19)13-11-8-10(9-4-2-1-3-5-9)6-7-12(11)16-15(20)17-13/h1-5,10H,6-8H2,(H,18,19)(H,16,17,20). The summed E-state index contributed by atoms with van der Waals surface area (Å²) in [6.45, 7) is 0. The third kappa shape index (κ3) is 2.22. The summed E-state index contributed by atoms with van der Waals surface area (Å²) in [5.74, 6) is -0.865. The van der Waals surface area contributed by atoms with E-state index < -0.39 is 11.7 Å². The summed E-state index contributed by atoms with van der Waals surface area (Å²) in [7, 11) is 0. The maximum Gasteiger partial charge on any atom is 0.355 e. The molecule has 1 atom stereocenters. The Hall–Kier alpha value is -2.43. The molecule has 0 bridgehead atoms. The lowest BCUT2D eigenvalue weighted by molar-refractivity contribution is 0.0688. The van der Waals surface area contributed by atoms with E-state index in [1.54, 1.807) is 0 Å². The van der Waals surface area contributed by atoms with Crippen LogP contribution in [0.1, 0.15) is 39.6 Å². The van der Waals surface area contributed by atoms with Crippen LogP contribution < -0.4 is 5.69 Å². The third-order valence-corrected chi connectivity index (χ3v) is 3.79. The van der Waals surface area contributed by atoms with Crippen LogP contribution in [0, 0.1) is 0 Å². The molecule has 0 radical (unpaired) electrons. The maximum absolute atomic E-state index is 11.4. The van der Waals surface area contributed by atoms with Crippen molar-refractivity contribution in [3.8, 4) is 0 Å². The Balaban J connectivity index is 2.02. The lowest BCUT2D eigenvalue weighted by atomic mass is 9.81.